The van der Waals surface area contributed by atoms with E-state index in [1.54, 1.807) is 12.1 Å². The van der Waals surface area contributed by atoms with Crippen LogP contribution in [0.2, 0.25) is 5.02 Å². The molecule has 4 N–H and O–H groups in total. The van der Waals surface area contributed by atoms with E-state index >= 15 is 0 Å². The smallest absolute Gasteiger partial charge is 0.144 e. The first kappa shape index (κ1) is 16.8. The molecule has 1 heterocycles. The first-order valence-corrected chi connectivity index (χ1v) is 7.85. The van der Waals surface area contributed by atoms with E-state index < -0.39 is 5.82 Å². The quantitative estimate of drug-likeness (QED) is 0.687. The Hall–Kier alpha value is -3.04. The summed E-state index contributed by atoms with van der Waals surface area (Å²) in [6, 6.07) is 9.59. The molecule has 0 saturated carbocycles. The number of nitrogens with zero attached hydrogens (tertiary/aromatic N) is 2. The molecule has 126 valence electrons. The van der Waals surface area contributed by atoms with Gasteiger partial charge in [0, 0.05) is 17.0 Å². The number of aromatic nitrogens is 1. The molecule has 0 bridgehead atoms. The van der Waals surface area contributed by atoms with Crippen molar-refractivity contribution in [2.75, 3.05) is 18.1 Å². The van der Waals surface area contributed by atoms with E-state index in [-0.39, 0.29) is 16.4 Å². The van der Waals surface area contributed by atoms with Gasteiger partial charge in [-0.1, -0.05) is 17.7 Å². The number of hydrogen-bond acceptors (Lipinski definition) is 5. The Labute approximate surface area is 148 Å². The largest absolute Gasteiger partial charge is 0.492 e. The summed E-state index contributed by atoms with van der Waals surface area (Å²) < 4.78 is 19.0. The Bertz CT molecular complexity index is 1030. The number of benzene rings is 2. The number of anilines is 2. The Morgan fingerprint density at radius 3 is 2.68 bits per heavy atom. The van der Waals surface area contributed by atoms with Gasteiger partial charge in [0.1, 0.15) is 29.0 Å². The predicted octanol–water partition coefficient (Wildman–Crippen LogP) is 4.13. The van der Waals surface area contributed by atoms with Crippen LogP contribution in [0.25, 0.3) is 22.0 Å². The molecule has 3 aromatic rings. The fraction of sp³-hybridized carbons (Fsp3) is 0.111. The number of nitrogen functional groups attached to an aromatic ring is 2. The summed E-state index contributed by atoms with van der Waals surface area (Å²) in [6.07, 6.45) is 0. The summed E-state index contributed by atoms with van der Waals surface area (Å²) in [5, 5.41) is 10.1. The number of ether oxygens (including phenoxy) is 1. The number of rotatable bonds is 3. The molecule has 2 aromatic carbocycles. The maximum Gasteiger partial charge on any atom is 0.144 e. The fourth-order valence-electron chi connectivity index (χ4n) is 2.67. The minimum atomic E-state index is -0.548. The maximum atomic E-state index is 13.5. The highest BCUT2D eigenvalue weighted by molar-refractivity contribution is 6.31. The van der Waals surface area contributed by atoms with Crippen LogP contribution >= 0.6 is 11.6 Å². The van der Waals surface area contributed by atoms with E-state index in [1.165, 1.54) is 18.2 Å². The monoisotopic (exact) mass is 356 g/mol. The van der Waals surface area contributed by atoms with E-state index in [2.05, 4.69) is 11.1 Å². The summed E-state index contributed by atoms with van der Waals surface area (Å²) >= 11 is 5.90. The zero-order valence-electron chi connectivity index (χ0n) is 13.3. The minimum Gasteiger partial charge on any atom is -0.492 e. The summed E-state index contributed by atoms with van der Waals surface area (Å²) in [6.45, 7) is 2.29. The number of pyridine rings is 1. The lowest BCUT2D eigenvalue weighted by Crippen LogP contribution is -2.02. The van der Waals surface area contributed by atoms with Crippen molar-refractivity contribution in [1.29, 1.82) is 5.26 Å². The van der Waals surface area contributed by atoms with Crippen LogP contribution in [0.5, 0.6) is 5.75 Å². The lowest BCUT2D eigenvalue weighted by molar-refractivity contribution is 0.342. The van der Waals surface area contributed by atoms with Crippen molar-refractivity contribution in [3.8, 4) is 22.9 Å². The van der Waals surface area contributed by atoms with Gasteiger partial charge in [-0.05, 0) is 30.7 Å². The fourth-order valence-corrected chi connectivity index (χ4v) is 2.85. The second-order valence-electron chi connectivity index (χ2n) is 5.33. The Balaban J connectivity index is 2.40. The summed E-state index contributed by atoms with van der Waals surface area (Å²) in [5.41, 5.74) is 14.2. The molecule has 0 aliphatic heterocycles. The van der Waals surface area contributed by atoms with Gasteiger partial charge in [-0.15, -0.1) is 0 Å². The summed E-state index contributed by atoms with van der Waals surface area (Å²) in [4.78, 5) is 4.27. The topological polar surface area (TPSA) is 98.0 Å². The van der Waals surface area contributed by atoms with Crippen molar-refractivity contribution in [2.24, 2.45) is 0 Å². The molecule has 0 atom stereocenters. The third-order valence-corrected chi connectivity index (χ3v) is 4.05. The van der Waals surface area contributed by atoms with Crippen LogP contribution in [0, 0.1) is 17.1 Å². The Morgan fingerprint density at radius 1 is 1.28 bits per heavy atom. The first-order chi connectivity index (χ1) is 12.0. The highest BCUT2D eigenvalue weighted by Crippen LogP contribution is 2.38. The molecule has 3 rings (SSSR count). The number of hydrogen-bond donors (Lipinski definition) is 2. The van der Waals surface area contributed by atoms with Crippen molar-refractivity contribution < 1.29 is 9.13 Å². The van der Waals surface area contributed by atoms with E-state index in [4.69, 9.17) is 27.8 Å². The second kappa shape index (κ2) is 6.46. The van der Waals surface area contributed by atoms with E-state index in [1.807, 2.05) is 6.92 Å². The molecular formula is C18H14ClFN4O. The van der Waals surface area contributed by atoms with Gasteiger partial charge >= 0.3 is 0 Å². The van der Waals surface area contributed by atoms with Gasteiger partial charge < -0.3 is 16.2 Å². The molecule has 0 aliphatic carbocycles. The standard InChI is InChI=1S/C18H14ClFN4O/c1-2-25-16-7-15-10(6-14(16)22)17(11(8-21)18(23)24-15)9-3-4-13(20)12(19)5-9/h3-7H,2,22H2,1H3,(H2,23,24). The SMILES string of the molecule is CCOc1cc2nc(N)c(C#N)c(-c3ccc(F)c(Cl)c3)c2cc1N. The van der Waals surface area contributed by atoms with Crippen LogP contribution in [-0.4, -0.2) is 11.6 Å². The Kier molecular flexibility index (Phi) is 4.34. The van der Waals surface area contributed by atoms with E-state index in [0.717, 1.165) is 0 Å². The van der Waals surface area contributed by atoms with Crippen LogP contribution in [0.4, 0.5) is 15.9 Å². The summed E-state index contributed by atoms with van der Waals surface area (Å²) in [5.74, 6) is 0.000711. The number of halogens is 2. The zero-order valence-corrected chi connectivity index (χ0v) is 14.1. The van der Waals surface area contributed by atoms with Gasteiger partial charge in [-0.25, -0.2) is 9.37 Å². The molecule has 0 amide bonds. The molecule has 0 unspecified atom stereocenters. The lowest BCUT2D eigenvalue weighted by Gasteiger charge is -2.14. The van der Waals surface area contributed by atoms with Crippen molar-refractivity contribution in [3.63, 3.8) is 0 Å². The van der Waals surface area contributed by atoms with Crippen LogP contribution in [0.3, 0.4) is 0 Å². The summed E-state index contributed by atoms with van der Waals surface area (Å²) in [7, 11) is 0. The average Bonchev–Trinajstić information content (AvgIpc) is 2.58. The second-order valence-corrected chi connectivity index (χ2v) is 5.74. The maximum absolute atomic E-state index is 13.5. The minimum absolute atomic E-state index is 0.0520. The van der Waals surface area contributed by atoms with Gasteiger partial charge in [-0.3, -0.25) is 0 Å². The van der Waals surface area contributed by atoms with Gasteiger partial charge in [0.05, 0.1) is 22.8 Å². The van der Waals surface area contributed by atoms with Crippen molar-refractivity contribution >= 4 is 34.0 Å². The molecule has 25 heavy (non-hydrogen) atoms. The van der Waals surface area contributed by atoms with Crippen molar-refractivity contribution in [3.05, 3.63) is 46.7 Å². The molecule has 1 aromatic heterocycles. The third kappa shape index (κ3) is 2.90. The molecular weight excluding hydrogens is 343 g/mol. The highest BCUT2D eigenvalue weighted by Gasteiger charge is 2.18. The highest BCUT2D eigenvalue weighted by atomic mass is 35.5. The number of nitriles is 1. The lowest BCUT2D eigenvalue weighted by atomic mass is 9.95. The van der Waals surface area contributed by atoms with Gasteiger partial charge in [0.2, 0.25) is 0 Å². The predicted molar refractivity (Wildman–Crippen MR) is 96.9 cm³/mol. The molecule has 0 saturated heterocycles. The van der Waals surface area contributed by atoms with Gasteiger partial charge in [0.25, 0.3) is 0 Å². The third-order valence-electron chi connectivity index (χ3n) is 3.76. The zero-order chi connectivity index (χ0) is 18.1. The molecule has 0 spiro atoms. The van der Waals surface area contributed by atoms with Gasteiger partial charge in [-0.2, -0.15) is 5.26 Å². The molecule has 0 radical (unpaired) electrons. The van der Waals surface area contributed by atoms with E-state index in [0.29, 0.717) is 40.1 Å². The van der Waals surface area contributed by atoms with Crippen LogP contribution < -0.4 is 16.2 Å². The normalized spacial score (nSPS) is 10.6. The molecule has 5 nitrogen and oxygen atoms in total. The average molecular weight is 357 g/mol. The van der Waals surface area contributed by atoms with Crippen LogP contribution in [0.1, 0.15) is 12.5 Å². The first-order valence-electron chi connectivity index (χ1n) is 7.47. The number of fused-ring (bicyclic) bond motifs is 1. The van der Waals surface area contributed by atoms with Gasteiger partial charge in [0.15, 0.2) is 0 Å². The van der Waals surface area contributed by atoms with Crippen molar-refractivity contribution in [2.45, 2.75) is 6.92 Å². The molecule has 0 aliphatic rings. The van der Waals surface area contributed by atoms with Crippen LogP contribution in [0.15, 0.2) is 30.3 Å². The number of nitrogens with two attached hydrogens (primary N) is 2. The van der Waals surface area contributed by atoms with Crippen LogP contribution in [-0.2, 0) is 0 Å². The van der Waals surface area contributed by atoms with Crippen molar-refractivity contribution in [1.82, 2.24) is 4.98 Å². The Morgan fingerprint density at radius 2 is 2.04 bits per heavy atom. The molecule has 0 fully saturated rings. The molecule has 7 heteroatoms. The van der Waals surface area contributed by atoms with E-state index in [9.17, 15) is 9.65 Å².